The van der Waals surface area contributed by atoms with E-state index in [1.54, 1.807) is 6.92 Å². The van der Waals surface area contributed by atoms with Crippen molar-refractivity contribution in [2.24, 2.45) is 0 Å². The van der Waals surface area contributed by atoms with Crippen LogP contribution in [-0.2, 0) is 0 Å². The minimum Gasteiger partial charge on any atom is -0.372 e. The summed E-state index contributed by atoms with van der Waals surface area (Å²) in [5, 5.41) is 0. The number of hydrogen-bond donors (Lipinski definition) is 0. The molecule has 0 unspecified atom stereocenters. The van der Waals surface area contributed by atoms with Crippen LogP contribution in [0.2, 0.25) is 0 Å². The number of Topliss-reactive ketones (excluding diaryl/α,β-unsaturated/α-hetero) is 1. The average molecular weight is 282 g/mol. The second kappa shape index (κ2) is 5.00. The zero-order valence-corrected chi connectivity index (χ0v) is 11.1. The van der Waals surface area contributed by atoms with E-state index in [4.69, 9.17) is 0 Å². The molecule has 0 atom stereocenters. The first-order valence-electron chi connectivity index (χ1n) is 5.74. The van der Waals surface area contributed by atoms with Gasteiger partial charge in [-0.15, -0.1) is 0 Å². The van der Waals surface area contributed by atoms with Crippen LogP contribution in [0.3, 0.4) is 0 Å². The van der Waals surface area contributed by atoms with Gasteiger partial charge in [-0.3, -0.25) is 4.79 Å². The average Bonchev–Trinajstić information content (AvgIpc) is 2.30. The lowest BCUT2D eigenvalue weighted by atomic mass is 10.1. The predicted molar refractivity (Wildman–Crippen MR) is 70.2 cm³/mol. The maximum atomic E-state index is 11.5. The van der Waals surface area contributed by atoms with E-state index in [0.717, 1.165) is 23.1 Å². The molecule has 1 aromatic carbocycles. The molecule has 1 aliphatic heterocycles. The molecule has 1 saturated heterocycles. The third-order valence-electron chi connectivity index (χ3n) is 3.05. The van der Waals surface area contributed by atoms with Gasteiger partial charge in [0, 0.05) is 28.8 Å². The van der Waals surface area contributed by atoms with Gasteiger partial charge in [-0.25, -0.2) is 0 Å². The molecule has 0 N–H and O–H groups in total. The smallest absolute Gasteiger partial charge is 0.161 e. The van der Waals surface area contributed by atoms with Crippen LogP contribution < -0.4 is 4.90 Å². The summed E-state index contributed by atoms with van der Waals surface area (Å²) in [4.78, 5) is 13.8. The standard InChI is InChI=1S/C13H16BrNO/c1-10(16)12-9-11(5-6-13(12)14)15-7-3-2-4-8-15/h5-6,9H,2-4,7-8H2,1H3. The van der Waals surface area contributed by atoms with E-state index in [-0.39, 0.29) is 5.78 Å². The Kier molecular flexibility index (Phi) is 3.64. The molecule has 2 nitrogen and oxygen atoms in total. The number of anilines is 1. The van der Waals surface area contributed by atoms with Crippen molar-refractivity contribution in [1.29, 1.82) is 0 Å². The molecule has 1 fully saturated rings. The summed E-state index contributed by atoms with van der Waals surface area (Å²) in [5.74, 6) is 0.116. The first kappa shape index (κ1) is 11.6. The number of halogens is 1. The van der Waals surface area contributed by atoms with Crippen molar-refractivity contribution >= 4 is 27.4 Å². The van der Waals surface area contributed by atoms with Crippen molar-refractivity contribution in [3.8, 4) is 0 Å². The number of nitrogens with zero attached hydrogens (tertiary/aromatic N) is 1. The van der Waals surface area contributed by atoms with Gasteiger partial charge in [-0.1, -0.05) is 15.9 Å². The van der Waals surface area contributed by atoms with Gasteiger partial charge >= 0.3 is 0 Å². The molecule has 1 aromatic rings. The maximum Gasteiger partial charge on any atom is 0.161 e. The number of carbonyl (C=O) groups excluding carboxylic acids is 1. The van der Waals surface area contributed by atoms with Gasteiger partial charge in [-0.05, 0) is 44.4 Å². The number of ketones is 1. The van der Waals surface area contributed by atoms with Gasteiger partial charge in [0.2, 0.25) is 0 Å². The molecule has 3 heteroatoms. The Bertz CT molecular complexity index is 397. The third kappa shape index (κ3) is 2.46. The number of rotatable bonds is 2. The molecule has 0 aromatic heterocycles. The highest BCUT2D eigenvalue weighted by Crippen LogP contribution is 2.26. The fourth-order valence-corrected chi connectivity index (χ4v) is 2.66. The van der Waals surface area contributed by atoms with Crippen molar-refractivity contribution in [1.82, 2.24) is 0 Å². The molecule has 0 aliphatic carbocycles. The van der Waals surface area contributed by atoms with Gasteiger partial charge in [-0.2, -0.15) is 0 Å². The first-order chi connectivity index (χ1) is 7.68. The van der Waals surface area contributed by atoms with Gasteiger partial charge in [0.15, 0.2) is 5.78 Å². The summed E-state index contributed by atoms with van der Waals surface area (Å²) >= 11 is 3.42. The van der Waals surface area contributed by atoms with Crippen LogP contribution in [0.4, 0.5) is 5.69 Å². The van der Waals surface area contributed by atoms with Crippen LogP contribution in [0.15, 0.2) is 22.7 Å². The molecule has 2 rings (SSSR count). The predicted octanol–water partition coefficient (Wildman–Crippen LogP) is 3.64. The van der Waals surface area contributed by atoms with Crippen LogP contribution >= 0.6 is 15.9 Å². The van der Waals surface area contributed by atoms with E-state index in [2.05, 4.69) is 26.9 Å². The Morgan fingerprint density at radius 1 is 1.25 bits per heavy atom. The highest BCUT2D eigenvalue weighted by atomic mass is 79.9. The third-order valence-corrected chi connectivity index (χ3v) is 3.74. The van der Waals surface area contributed by atoms with Crippen LogP contribution in [0.5, 0.6) is 0 Å². The molecule has 1 aliphatic rings. The lowest BCUT2D eigenvalue weighted by Gasteiger charge is -2.29. The highest BCUT2D eigenvalue weighted by molar-refractivity contribution is 9.10. The molecule has 0 saturated carbocycles. The fraction of sp³-hybridized carbons (Fsp3) is 0.462. The fourth-order valence-electron chi connectivity index (χ4n) is 2.13. The minimum absolute atomic E-state index is 0.116. The second-order valence-electron chi connectivity index (χ2n) is 4.27. The summed E-state index contributed by atoms with van der Waals surface area (Å²) < 4.78 is 0.890. The largest absolute Gasteiger partial charge is 0.372 e. The van der Waals surface area contributed by atoms with Crippen molar-refractivity contribution < 1.29 is 4.79 Å². The van der Waals surface area contributed by atoms with Crippen LogP contribution in [0, 0.1) is 0 Å². The Morgan fingerprint density at radius 3 is 2.56 bits per heavy atom. The number of benzene rings is 1. The van der Waals surface area contributed by atoms with E-state index in [0.29, 0.717) is 0 Å². The van der Waals surface area contributed by atoms with Crippen LogP contribution in [0.25, 0.3) is 0 Å². The van der Waals surface area contributed by atoms with E-state index >= 15 is 0 Å². The summed E-state index contributed by atoms with van der Waals surface area (Å²) in [7, 11) is 0. The molecule has 0 amide bonds. The Hall–Kier alpha value is -0.830. The molecular weight excluding hydrogens is 266 g/mol. The summed E-state index contributed by atoms with van der Waals surface area (Å²) in [6, 6.07) is 6.06. The van der Waals surface area contributed by atoms with Crippen molar-refractivity contribution in [3.05, 3.63) is 28.2 Å². The maximum absolute atomic E-state index is 11.5. The van der Waals surface area contributed by atoms with Gasteiger partial charge in [0.25, 0.3) is 0 Å². The van der Waals surface area contributed by atoms with Gasteiger partial charge in [0.1, 0.15) is 0 Å². The quantitative estimate of drug-likeness (QED) is 0.772. The Morgan fingerprint density at radius 2 is 1.94 bits per heavy atom. The van der Waals surface area contributed by atoms with E-state index < -0.39 is 0 Å². The molecule has 16 heavy (non-hydrogen) atoms. The van der Waals surface area contributed by atoms with Crippen molar-refractivity contribution in [3.63, 3.8) is 0 Å². The molecule has 1 heterocycles. The highest BCUT2D eigenvalue weighted by Gasteiger charge is 2.13. The zero-order chi connectivity index (χ0) is 11.5. The van der Waals surface area contributed by atoms with E-state index in [1.165, 1.54) is 24.9 Å². The molecular formula is C13H16BrNO. The van der Waals surface area contributed by atoms with Crippen molar-refractivity contribution in [2.75, 3.05) is 18.0 Å². The van der Waals surface area contributed by atoms with Crippen molar-refractivity contribution in [2.45, 2.75) is 26.2 Å². The van der Waals surface area contributed by atoms with E-state index in [9.17, 15) is 4.79 Å². The topological polar surface area (TPSA) is 20.3 Å². The Labute approximate surface area is 105 Å². The first-order valence-corrected chi connectivity index (χ1v) is 6.53. The lowest BCUT2D eigenvalue weighted by molar-refractivity contribution is 0.101. The molecule has 0 radical (unpaired) electrons. The van der Waals surface area contributed by atoms with Crippen LogP contribution in [0.1, 0.15) is 36.5 Å². The summed E-state index contributed by atoms with van der Waals surface area (Å²) in [6.07, 6.45) is 3.84. The Balaban J connectivity index is 2.27. The van der Waals surface area contributed by atoms with E-state index in [1.807, 2.05) is 12.1 Å². The summed E-state index contributed by atoms with van der Waals surface area (Å²) in [5.41, 5.74) is 1.95. The molecule has 86 valence electrons. The monoisotopic (exact) mass is 281 g/mol. The number of carbonyl (C=O) groups is 1. The second-order valence-corrected chi connectivity index (χ2v) is 5.12. The normalized spacial score (nSPS) is 16.2. The summed E-state index contributed by atoms with van der Waals surface area (Å²) in [6.45, 7) is 3.83. The molecule has 0 bridgehead atoms. The number of hydrogen-bond acceptors (Lipinski definition) is 2. The van der Waals surface area contributed by atoms with Gasteiger partial charge < -0.3 is 4.90 Å². The lowest BCUT2D eigenvalue weighted by Crippen LogP contribution is -2.29. The minimum atomic E-state index is 0.116. The zero-order valence-electron chi connectivity index (χ0n) is 9.50. The van der Waals surface area contributed by atoms with Gasteiger partial charge in [0.05, 0.1) is 0 Å². The SMILES string of the molecule is CC(=O)c1cc(N2CCCCC2)ccc1Br. The number of piperidine rings is 1. The molecule has 0 spiro atoms. The van der Waals surface area contributed by atoms with Crippen LogP contribution in [-0.4, -0.2) is 18.9 Å².